The van der Waals surface area contributed by atoms with E-state index in [0.717, 1.165) is 5.69 Å². The first-order chi connectivity index (χ1) is 5.18. The van der Waals surface area contributed by atoms with Crippen molar-refractivity contribution in [3.63, 3.8) is 0 Å². The van der Waals surface area contributed by atoms with E-state index in [1.165, 1.54) is 6.92 Å². The maximum atomic E-state index is 10.4. The Kier molecular flexibility index (Phi) is 2.10. The summed E-state index contributed by atoms with van der Waals surface area (Å²) in [7, 11) is 0. The Hall–Kier alpha value is -1.52. The lowest BCUT2D eigenvalue weighted by Crippen LogP contribution is -2.26. The van der Waals surface area contributed by atoms with E-state index in [9.17, 15) is 4.79 Å². The summed E-state index contributed by atoms with van der Waals surface area (Å²) in [6.07, 6.45) is 0. The predicted molar refractivity (Wildman–Crippen MR) is 38.7 cm³/mol. The van der Waals surface area contributed by atoms with Gasteiger partial charge in [0.1, 0.15) is 0 Å². The van der Waals surface area contributed by atoms with Crippen LogP contribution in [0, 0.1) is 6.92 Å². The summed E-state index contributed by atoms with van der Waals surface area (Å²) in [4.78, 5) is 10.4. The van der Waals surface area contributed by atoms with Crippen LogP contribution in [0.25, 0.3) is 0 Å². The topological polar surface area (TPSA) is 67.2 Å². The van der Waals surface area contributed by atoms with Crippen molar-refractivity contribution in [2.45, 2.75) is 13.8 Å². The van der Waals surface area contributed by atoms with Crippen LogP contribution >= 0.6 is 0 Å². The van der Waals surface area contributed by atoms with Crippen LogP contribution in [0.5, 0.6) is 0 Å². The number of hydrogen-bond donors (Lipinski definition) is 2. The van der Waals surface area contributed by atoms with Crippen LogP contribution in [0.1, 0.15) is 12.6 Å². The van der Waals surface area contributed by atoms with Crippen LogP contribution in [-0.4, -0.2) is 11.1 Å². The normalized spacial score (nSPS) is 9.27. The molecule has 1 amide bonds. The summed E-state index contributed by atoms with van der Waals surface area (Å²) in [6, 6.07) is 1.68. The number of carbonyl (C=O) groups excluding carboxylic acids is 1. The summed E-state index contributed by atoms with van der Waals surface area (Å²) in [6.45, 7) is 3.19. The minimum atomic E-state index is -0.181. The third-order valence-corrected chi connectivity index (χ3v) is 0.990. The van der Waals surface area contributed by atoms with E-state index in [2.05, 4.69) is 16.0 Å². The smallest absolute Gasteiger partial charge is 0.243 e. The van der Waals surface area contributed by atoms with Gasteiger partial charge in [0.15, 0.2) is 0 Å². The highest BCUT2D eigenvalue weighted by Gasteiger charge is 1.98. The van der Waals surface area contributed by atoms with E-state index in [1.54, 1.807) is 13.0 Å². The predicted octanol–water partition coefficient (Wildman–Crippen LogP) is 0.446. The van der Waals surface area contributed by atoms with Crippen molar-refractivity contribution >= 4 is 11.8 Å². The Labute approximate surface area is 63.7 Å². The molecule has 2 N–H and O–H groups in total. The quantitative estimate of drug-likeness (QED) is 0.608. The molecule has 0 spiro atoms. The molecule has 0 fully saturated rings. The lowest BCUT2D eigenvalue weighted by molar-refractivity contribution is -0.118. The third-order valence-electron chi connectivity index (χ3n) is 0.990. The van der Waals surface area contributed by atoms with Gasteiger partial charge < -0.3 is 4.52 Å². The Bertz CT molecular complexity index is 256. The summed E-state index contributed by atoms with van der Waals surface area (Å²) in [5.74, 6) is 0.247. The van der Waals surface area contributed by atoms with Gasteiger partial charge in [-0.25, -0.2) is 0 Å². The fourth-order valence-electron chi connectivity index (χ4n) is 0.572. The highest BCUT2D eigenvalue weighted by Crippen LogP contribution is 2.05. The molecule has 0 saturated heterocycles. The second kappa shape index (κ2) is 3.05. The summed E-state index contributed by atoms with van der Waals surface area (Å²) >= 11 is 0. The SMILES string of the molecule is CC(=O)NNc1cc(C)no1. The molecule has 1 rings (SSSR count). The second-order valence-electron chi connectivity index (χ2n) is 2.14. The molecule has 1 aromatic heterocycles. The van der Waals surface area contributed by atoms with Crippen molar-refractivity contribution in [2.75, 3.05) is 5.43 Å². The summed E-state index contributed by atoms with van der Waals surface area (Å²) in [5.41, 5.74) is 5.65. The van der Waals surface area contributed by atoms with Gasteiger partial charge in [-0.05, 0) is 6.92 Å². The number of amides is 1. The molecule has 0 aliphatic rings. The Balaban J connectivity index is 2.45. The van der Waals surface area contributed by atoms with E-state index < -0.39 is 0 Å². The van der Waals surface area contributed by atoms with E-state index in [-0.39, 0.29) is 5.91 Å². The molecule has 5 heteroatoms. The number of hydrazine groups is 1. The average molecular weight is 155 g/mol. The van der Waals surface area contributed by atoms with Gasteiger partial charge in [0.05, 0.1) is 5.69 Å². The number of aryl methyl sites for hydroxylation is 1. The van der Waals surface area contributed by atoms with Gasteiger partial charge in [0.25, 0.3) is 0 Å². The average Bonchev–Trinajstić information content (AvgIpc) is 2.31. The number of hydrogen-bond acceptors (Lipinski definition) is 4. The molecule has 0 aromatic carbocycles. The van der Waals surface area contributed by atoms with Crippen molar-refractivity contribution in [1.29, 1.82) is 0 Å². The van der Waals surface area contributed by atoms with E-state index in [1.807, 2.05) is 0 Å². The van der Waals surface area contributed by atoms with Crippen molar-refractivity contribution < 1.29 is 9.32 Å². The number of anilines is 1. The fraction of sp³-hybridized carbons (Fsp3) is 0.333. The molecular formula is C6H9N3O2. The molecule has 0 unspecified atom stereocenters. The highest BCUT2D eigenvalue weighted by molar-refractivity contribution is 5.74. The molecule has 0 atom stereocenters. The minimum Gasteiger partial charge on any atom is -0.337 e. The van der Waals surface area contributed by atoms with Gasteiger partial charge in [0, 0.05) is 13.0 Å². The van der Waals surface area contributed by atoms with E-state index >= 15 is 0 Å². The molecule has 5 nitrogen and oxygen atoms in total. The maximum absolute atomic E-state index is 10.4. The molecule has 0 bridgehead atoms. The van der Waals surface area contributed by atoms with Crippen LogP contribution < -0.4 is 10.9 Å². The van der Waals surface area contributed by atoms with Crippen LogP contribution in [0.4, 0.5) is 5.88 Å². The Morgan fingerprint density at radius 3 is 2.91 bits per heavy atom. The maximum Gasteiger partial charge on any atom is 0.243 e. The van der Waals surface area contributed by atoms with Gasteiger partial charge in [-0.15, -0.1) is 0 Å². The minimum absolute atomic E-state index is 0.181. The zero-order valence-electron chi connectivity index (χ0n) is 6.34. The molecule has 1 aromatic rings. The molecule has 0 saturated carbocycles. The molecule has 0 aliphatic heterocycles. The number of nitrogens with one attached hydrogen (secondary N) is 2. The number of nitrogens with zero attached hydrogens (tertiary/aromatic N) is 1. The second-order valence-corrected chi connectivity index (χ2v) is 2.14. The number of carbonyl (C=O) groups is 1. The Morgan fingerprint density at radius 1 is 1.73 bits per heavy atom. The van der Waals surface area contributed by atoms with Crippen molar-refractivity contribution in [1.82, 2.24) is 10.6 Å². The van der Waals surface area contributed by atoms with Crippen molar-refractivity contribution in [2.24, 2.45) is 0 Å². The molecular weight excluding hydrogens is 146 g/mol. The molecule has 60 valence electrons. The van der Waals surface area contributed by atoms with Gasteiger partial charge in [0.2, 0.25) is 11.8 Å². The number of aromatic nitrogens is 1. The van der Waals surface area contributed by atoms with E-state index in [4.69, 9.17) is 4.52 Å². The lowest BCUT2D eigenvalue weighted by Gasteiger charge is -1.98. The highest BCUT2D eigenvalue weighted by atomic mass is 16.5. The van der Waals surface area contributed by atoms with Crippen LogP contribution in [0.2, 0.25) is 0 Å². The molecule has 1 heterocycles. The van der Waals surface area contributed by atoms with Crippen molar-refractivity contribution in [3.8, 4) is 0 Å². The first-order valence-corrected chi connectivity index (χ1v) is 3.14. The third kappa shape index (κ3) is 2.29. The van der Waals surface area contributed by atoms with Crippen LogP contribution in [0.3, 0.4) is 0 Å². The molecule has 0 radical (unpaired) electrons. The van der Waals surface area contributed by atoms with Gasteiger partial charge in [-0.3, -0.25) is 15.6 Å². The van der Waals surface area contributed by atoms with Crippen LogP contribution in [0.15, 0.2) is 10.6 Å². The van der Waals surface area contributed by atoms with Gasteiger partial charge in [-0.2, -0.15) is 0 Å². The van der Waals surface area contributed by atoms with E-state index in [0.29, 0.717) is 5.88 Å². The van der Waals surface area contributed by atoms with Crippen LogP contribution in [-0.2, 0) is 4.79 Å². The zero-order valence-corrected chi connectivity index (χ0v) is 6.34. The lowest BCUT2D eigenvalue weighted by atomic mass is 10.5. The van der Waals surface area contributed by atoms with Gasteiger partial charge in [-0.1, -0.05) is 5.16 Å². The van der Waals surface area contributed by atoms with Gasteiger partial charge >= 0.3 is 0 Å². The monoisotopic (exact) mass is 155 g/mol. The van der Waals surface area contributed by atoms with Crippen molar-refractivity contribution in [3.05, 3.63) is 11.8 Å². The largest absolute Gasteiger partial charge is 0.337 e. The Morgan fingerprint density at radius 2 is 2.45 bits per heavy atom. The first kappa shape index (κ1) is 7.59. The summed E-state index contributed by atoms with van der Waals surface area (Å²) < 4.78 is 4.74. The summed E-state index contributed by atoms with van der Waals surface area (Å²) in [5, 5.41) is 3.61. The first-order valence-electron chi connectivity index (χ1n) is 3.14. The fourth-order valence-corrected chi connectivity index (χ4v) is 0.572. The number of rotatable bonds is 2. The molecule has 11 heavy (non-hydrogen) atoms. The standard InChI is InChI=1S/C6H9N3O2/c1-4-3-6(11-9-4)8-7-5(2)10/h3,8H,1-2H3,(H,7,10). The zero-order chi connectivity index (χ0) is 8.27. The molecule has 0 aliphatic carbocycles.